The molecule has 198 valence electrons. The summed E-state index contributed by atoms with van der Waals surface area (Å²) < 4.78 is 53.0. The molecule has 6 rings (SSSR count). The van der Waals surface area contributed by atoms with Gasteiger partial charge in [-0.2, -0.15) is 18.4 Å². The highest BCUT2D eigenvalue weighted by Gasteiger charge is 2.46. The second kappa shape index (κ2) is 8.80. The summed E-state index contributed by atoms with van der Waals surface area (Å²) in [6.07, 6.45) is -0.163. The topological polar surface area (TPSA) is 67.5 Å². The van der Waals surface area contributed by atoms with E-state index < -0.39 is 23.1 Å². The predicted octanol–water partition coefficient (Wildman–Crippen LogP) is 6.87. The van der Waals surface area contributed by atoms with E-state index in [1.165, 1.54) is 12.1 Å². The summed E-state index contributed by atoms with van der Waals surface area (Å²) >= 11 is 0. The zero-order valence-electron chi connectivity index (χ0n) is 21.2. The maximum atomic E-state index is 13.9. The average molecular weight is 532 g/mol. The molecule has 39 heavy (non-hydrogen) atoms. The van der Waals surface area contributed by atoms with Gasteiger partial charge in [-0.05, 0) is 65.9 Å². The van der Waals surface area contributed by atoms with Crippen LogP contribution in [0.1, 0.15) is 43.7 Å². The lowest BCUT2D eigenvalue weighted by Gasteiger charge is -2.45. The minimum atomic E-state index is -4.49. The van der Waals surface area contributed by atoms with E-state index in [4.69, 9.17) is 9.47 Å². The molecule has 0 unspecified atom stereocenters. The van der Waals surface area contributed by atoms with Gasteiger partial charge in [-0.1, -0.05) is 19.9 Å². The van der Waals surface area contributed by atoms with Crippen LogP contribution in [-0.2, 0) is 11.0 Å². The third-order valence-electron chi connectivity index (χ3n) is 7.35. The Labute approximate surface area is 223 Å². The monoisotopic (exact) mass is 531 g/mol. The molecule has 9 heteroatoms. The molecule has 0 N–H and O–H groups in total. The molecule has 2 aliphatic heterocycles. The molecule has 1 aromatic heterocycles. The van der Waals surface area contributed by atoms with Crippen LogP contribution >= 0.6 is 0 Å². The fraction of sp³-hybridized carbons (Fsp3) is 0.267. The average Bonchev–Trinajstić information content (AvgIpc) is 3.58. The highest BCUT2D eigenvalue weighted by atomic mass is 19.4. The van der Waals surface area contributed by atoms with Crippen molar-refractivity contribution in [1.82, 2.24) is 4.57 Å². The van der Waals surface area contributed by atoms with E-state index >= 15 is 0 Å². The number of hydrogen-bond acceptors (Lipinski definition) is 5. The Kier molecular flexibility index (Phi) is 5.61. The van der Waals surface area contributed by atoms with Gasteiger partial charge in [-0.15, -0.1) is 0 Å². The molecule has 1 atom stereocenters. The number of benzene rings is 2. The number of aromatic nitrogens is 1. The molecule has 0 spiro atoms. The Morgan fingerprint density at radius 2 is 1.69 bits per heavy atom. The van der Waals surface area contributed by atoms with Crippen molar-refractivity contribution in [3.63, 3.8) is 0 Å². The summed E-state index contributed by atoms with van der Waals surface area (Å²) in [5.41, 5.74) is 1.40. The second-order valence-electron chi connectivity index (χ2n) is 10.7. The van der Waals surface area contributed by atoms with E-state index in [1.54, 1.807) is 34.0 Å². The van der Waals surface area contributed by atoms with Crippen molar-refractivity contribution in [3.8, 4) is 17.6 Å². The van der Waals surface area contributed by atoms with E-state index in [0.717, 1.165) is 12.1 Å². The maximum absolute atomic E-state index is 13.9. The Morgan fingerprint density at radius 3 is 2.36 bits per heavy atom. The number of rotatable bonds is 3. The third kappa shape index (κ3) is 4.16. The fourth-order valence-corrected chi connectivity index (χ4v) is 5.70. The van der Waals surface area contributed by atoms with Crippen molar-refractivity contribution in [3.05, 3.63) is 95.0 Å². The number of nitrogens with zero attached hydrogens (tertiary/aromatic N) is 3. The normalized spacial score (nSPS) is 20.3. The van der Waals surface area contributed by atoms with Gasteiger partial charge >= 0.3 is 6.18 Å². The number of hydrogen-bond donors (Lipinski definition) is 0. The lowest BCUT2D eigenvalue weighted by atomic mass is 9.68. The molecule has 6 nitrogen and oxygen atoms in total. The number of carbonyl (C=O) groups excluding carboxylic acids is 1. The number of anilines is 1. The van der Waals surface area contributed by atoms with Gasteiger partial charge < -0.3 is 14.0 Å². The second-order valence-corrected chi connectivity index (χ2v) is 10.7. The van der Waals surface area contributed by atoms with E-state index in [9.17, 15) is 23.2 Å². The van der Waals surface area contributed by atoms with E-state index in [1.807, 2.05) is 32.0 Å². The first-order valence-corrected chi connectivity index (χ1v) is 12.5. The van der Waals surface area contributed by atoms with Crippen LogP contribution in [0.5, 0.6) is 11.5 Å². The summed E-state index contributed by atoms with van der Waals surface area (Å²) in [6.45, 7) is 4.07. The molecule has 0 fully saturated rings. The molecule has 2 aromatic carbocycles. The number of fused-ring (bicyclic) bond motifs is 1. The smallest absolute Gasteiger partial charge is 0.416 e. The van der Waals surface area contributed by atoms with Gasteiger partial charge in [0.2, 0.25) is 6.79 Å². The van der Waals surface area contributed by atoms with Crippen molar-refractivity contribution >= 4 is 17.3 Å². The summed E-state index contributed by atoms with van der Waals surface area (Å²) in [7, 11) is 0. The molecule has 3 aromatic rings. The summed E-state index contributed by atoms with van der Waals surface area (Å²) in [4.78, 5) is 15.6. The molecule has 1 aliphatic carbocycles. The third-order valence-corrected chi connectivity index (χ3v) is 7.35. The summed E-state index contributed by atoms with van der Waals surface area (Å²) in [5.74, 6) is 0.795. The molecule has 0 saturated carbocycles. The Hall–Kier alpha value is -4.45. The highest BCUT2D eigenvalue weighted by Crippen LogP contribution is 2.53. The van der Waals surface area contributed by atoms with Crippen LogP contribution in [0.3, 0.4) is 0 Å². The molecular formula is C30H24F3N3O3. The first-order valence-electron chi connectivity index (χ1n) is 12.5. The molecule has 3 heterocycles. The molecular weight excluding hydrogens is 507 g/mol. The van der Waals surface area contributed by atoms with E-state index in [2.05, 4.69) is 6.07 Å². The minimum Gasteiger partial charge on any atom is -0.454 e. The first kappa shape index (κ1) is 24.9. The number of allylic oxidation sites excluding steroid dienone is 3. The van der Waals surface area contributed by atoms with Gasteiger partial charge in [0.15, 0.2) is 17.3 Å². The Morgan fingerprint density at radius 1 is 1.00 bits per heavy atom. The summed E-state index contributed by atoms with van der Waals surface area (Å²) in [5, 5.41) is 10.6. The predicted molar refractivity (Wildman–Crippen MR) is 138 cm³/mol. The van der Waals surface area contributed by atoms with Gasteiger partial charge in [-0.3, -0.25) is 9.69 Å². The SMILES string of the molecule is CC1(C)CC(=O)C2=C(C1)N(c1ccc(C(F)(F)F)cc1)C(n1cccc1)=C(C#N)[C@H]2c1ccc2c(c1)OCO2. The maximum Gasteiger partial charge on any atom is 0.416 e. The van der Waals surface area contributed by atoms with Crippen molar-refractivity contribution in [2.45, 2.75) is 38.8 Å². The van der Waals surface area contributed by atoms with E-state index in [-0.39, 0.29) is 19.0 Å². The number of nitriles is 1. The van der Waals surface area contributed by atoms with Crippen molar-refractivity contribution in [2.75, 3.05) is 11.7 Å². The van der Waals surface area contributed by atoms with Crippen LogP contribution in [0.2, 0.25) is 0 Å². The number of ether oxygens (including phenoxy) is 2. The standard InChI is InChI=1S/C30H24F3N3O3/c1-29(2)14-22-27(23(37)15-29)26(18-5-10-24-25(13-18)39-17-38-24)21(16-34)28(35-11-3-4-12-35)36(22)20-8-6-19(7-9-20)30(31,32)33/h3-13,26H,14-15,17H2,1-2H3/t26-/m1/s1. The van der Waals surface area contributed by atoms with E-state index in [0.29, 0.717) is 51.8 Å². The van der Waals surface area contributed by atoms with Gasteiger partial charge in [0.25, 0.3) is 0 Å². The Balaban J connectivity index is 1.63. The lowest BCUT2D eigenvalue weighted by molar-refractivity contribution is -0.137. The zero-order valence-corrected chi connectivity index (χ0v) is 21.2. The number of ketones is 1. The van der Waals surface area contributed by atoms with Crippen LogP contribution in [0.4, 0.5) is 18.9 Å². The quantitative estimate of drug-likeness (QED) is 0.369. The van der Waals surface area contributed by atoms with Gasteiger partial charge in [0, 0.05) is 35.8 Å². The molecule has 0 saturated heterocycles. The van der Waals surface area contributed by atoms with Crippen LogP contribution < -0.4 is 14.4 Å². The van der Waals surface area contributed by atoms with Crippen molar-refractivity contribution < 1.29 is 27.4 Å². The molecule has 0 amide bonds. The summed E-state index contributed by atoms with van der Waals surface area (Å²) in [6, 6.07) is 16.2. The van der Waals surface area contributed by atoms with Crippen LogP contribution in [0.15, 0.2) is 83.8 Å². The van der Waals surface area contributed by atoms with Gasteiger partial charge in [0.1, 0.15) is 5.82 Å². The zero-order chi connectivity index (χ0) is 27.5. The first-order chi connectivity index (χ1) is 18.6. The molecule has 0 radical (unpaired) electrons. The van der Waals surface area contributed by atoms with Gasteiger partial charge in [-0.25, -0.2) is 0 Å². The Bertz CT molecular complexity index is 1580. The molecule has 0 bridgehead atoms. The fourth-order valence-electron chi connectivity index (χ4n) is 5.70. The van der Waals surface area contributed by atoms with Crippen molar-refractivity contribution in [1.29, 1.82) is 5.26 Å². The largest absolute Gasteiger partial charge is 0.454 e. The van der Waals surface area contributed by atoms with Gasteiger partial charge in [0.05, 0.1) is 23.1 Å². The number of carbonyl (C=O) groups is 1. The highest BCUT2D eigenvalue weighted by molar-refractivity contribution is 6.03. The number of alkyl halides is 3. The number of halogens is 3. The lowest BCUT2D eigenvalue weighted by Crippen LogP contribution is -2.40. The van der Waals surface area contributed by atoms with Crippen LogP contribution in [-0.4, -0.2) is 17.1 Å². The van der Waals surface area contributed by atoms with Crippen molar-refractivity contribution in [2.24, 2.45) is 5.41 Å². The number of Topliss-reactive ketones (excluding diaryl/α,β-unsaturated/α-hetero) is 1. The molecule has 3 aliphatic rings. The van der Waals surface area contributed by atoms with Crippen LogP contribution in [0, 0.1) is 16.7 Å². The van der Waals surface area contributed by atoms with Crippen LogP contribution in [0.25, 0.3) is 5.82 Å². The minimum absolute atomic E-state index is 0.0851.